The van der Waals surface area contributed by atoms with E-state index < -0.39 is 0 Å². The first kappa shape index (κ1) is 26.6. The number of nitrogens with zero attached hydrogens (tertiary/aromatic N) is 5. The molecule has 1 N–H and O–H groups in total. The van der Waals surface area contributed by atoms with Crippen LogP contribution in [0.1, 0.15) is 51.0 Å². The number of aromatic nitrogens is 4. The van der Waals surface area contributed by atoms with E-state index in [0.29, 0.717) is 31.0 Å². The summed E-state index contributed by atoms with van der Waals surface area (Å²) in [7, 11) is 0. The van der Waals surface area contributed by atoms with Crippen molar-refractivity contribution in [2.75, 3.05) is 23.3 Å². The molecule has 0 aliphatic carbocycles. The molecule has 1 amide bonds. The van der Waals surface area contributed by atoms with Gasteiger partial charge in [-0.3, -0.25) is 9.59 Å². The topological polar surface area (TPSA) is 101 Å². The average molecular weight is 541 g/mol. The number of piperidine rings is 1. The Morgan fingerprint density at radius 2 is 1.72 bits per heavy atom. The molecule has 4 aromatic rings. The van der Waals surface area contributed by atoms with E-state index in [1.165, 1.54) is 0 Å². The van der Waals surface area contributed by atoms with Crippen molar-refractivity contribution in [1.82, 2.24) is 20.4 Å². The van der Waals surface area contributed by atoms with Crippen LogP contribution < -0.4 is 10.2 Å². The van der Waals surface area contributed by atoms with Gasteiger partial charge >= 0.3 is 0 Å². The molecular formula is C30H32N6O2S. The number of ketones is 1. The Kier molecular flexibility index (Phi) is 8.36. The molecule has 0 bridgehead atoms. The number of carbonyl (C=O) groups excluding carboxylic acids is 2. The summed E-state index contributed by atoms with van der Waals surface area (Å²) in [5.41, 5.74) is 4.30. The minimum Gasteiger partial charge on any atom is -0.355 e. The molecule has 1 saturated heterocycles. The molecule has 0 spiro atoms. The summed E-state index contributed by atoms with van der Waals surface area (Å²) in [4.78, 5) is 27.2. The first-order chi connectivity index (χ1) is 18.9. The number of aryl methyl sites for hydroxylation is 2. The molecule has 2 aromatic carbocycles. The second-order valence-corrected chi connectivity index (χ2v) is 11.2. The molecule has 0 radical (unpaired) electrons. The Hall–Kier alpha value is -3.98. The van der Waals surface area contributed by atoms with Gasteiger partial charge in [-0.15, -0.1) is 31.7 Å². The Bertz CT molecular complexity index is 1440. The van der Waals surface area contributed by atoms with Gasteiger partial charge in [0.25, 0.3) is 0 Å². The summed E-state index contributed by atoms with van der Waals surface area (Å²) in [5.74, 6) is 1.62. The van der Waals surface area contributed by atoms with E-state index in [1.807, 2.05) is 68.4 Å². The molecule has 5 rings (SSSR count). The Morgan fingerprint density at radius 1 is 0.897 bits per heavy atom. The molecule has 2 aromatic heterocycles. The molecule has 8 nitrogen and oxygen atoms in total. The second kappa shape index (κ2) is 12.3. The lowest BCUT2D eigenvalue weighted by molar-refractivity contribution is -0.118. The van der Waals surface area contributed by atoms with Gasteiger partial charge in [0, 0.05) is 25.4 Å². The minimum absolute atomic E-state index is 0.114. The van der Waals surface area contributed by atoms with Gasteiger partial charge in [-0.2, -0.15) is 0 Å². The van der Waals surface area contributed by atoms with Crippen LogP contribution in [-0.4, -0.2) is 45.2 Å². The molecule has 1 fully saturated rings. The maximum Gasteiger partial charge on any atom is 0.229 e. The van der Waals surface area contributed by atoms with Gasteiger partial charge in [0.05, 0.1) is 12.8 Å². The highest BCUT2D eigenvalue weighted by Gasteiger charge is 2.25. The van der Waals surface area contributed by atoms with Crippen LogP contribution in [-0.2, 0) is 28.9 Å². The van der Waals surface area contributed by atoms with Gasteiger partial charge in [-0.1, -0.05) is 54.1 Å². The molecule has 0 atom stereocenters. The predicted molar refractivity (Wildman–Crippen MR) is 153 cm³/mol. The van der Waals surface area contributed by atoms with Gasteiger partial charge in [-0.05, 0) is 55.5 Å². The van der Waals surface area contributed by atoms with E-state index in [-0.39, 0.29) is 11.7 Å². The van der Waals surface area contributed by atoms with Crippen LogP contribution in [0.25, 0.3) is 0 Å². The third kappa shape index (κ3) is 7.11. The number of anilines is 2. The van der Waals surface area contributed by atoms with Crippen LogP contribution in [0.3, 0.4) is 0 Å². The monoisotopic (exact) mass is 540 g/mol. The second-order valence-electron chi connectivity index (χ2n) is 10.1. The first-order valence-electron chi connectivity index (χ1n) is 13.3. The van der Waals surface area contributed by atoms with Crippen LogP contribution in [0.4, 0.5) is 11.6 Å². The smallest absolute Gasteiger partial charge is 0.229 e. The summed E-state index contributed by atoms with van der Waals surface area (Å²) in [6.07, 6.45) is 2.92. The maximum absolute atomic E-state index is 12.6. The number of benzene rings is 2. The fraction of sp³-hybridized carbons (Fsp3) is 0.333. The van der Waals surface area contributed by atoms with Crippen LogP contribution in [0.2, 0.25) is 0 Å². The van der Waals surface area contributed by atoms with Gasteiger partial charge in [0.1, 0.15) is 15.8 Å². The fourth-order valence-electron chi connectivity index (χ4n) is 4.87. The zero-order chi connectivity index (χ0) is 27.2. The molecule has 0 unspecified atom stereocenters. The van der Waals surface area contributed by atoms with E-state index in [2.05, 4.69) is 30.6 Å². The highest BCUT2D eigenvalue weighted by atomic mass is 32.1. The Morgan fingerprint density at radius 3 is 2.46 bits per heavy atom. The lowest BCUT2D eigenvalue weighted by Gasteiger charge is -2.31. The lowest BCUT2D eigenvalue weighted by atomic mass is 9.98. The molecular weight excluding hydrogens is 508 g/mol. The van der Waals surface area contributed by atoms with Crippen molar-refractivity contribution in [3.8, 4) is 0 Å². The summed E-state index contributed by atoms with van der Waals surface area (Å²) in [6, 6.07) is 19.6. The van der Waals surface area contributed by atoms with Crippen LogP contribution in [0, 0.1) is 13.8 Å². The van der Waals surface area contributed by atoms with Gasteiger partial charge in [-0.25, -0.2) is 0 Å². The zero-order valence-corrected chi connectivity index (χ0v) is 23.1. The van der Waals surface area contributed by atoms with Gasteiger partial charge in [0.2, 0.25) is 5.91 Å². The van der Waals surface area contributed by atoms with E-state index in [0.717, 1.165) is 64.0 Å². The highest BCUT2D eigenvalue weighted by molar-refractivity contribution is 7.11. The number of amides is 1. The molecule has 1 aliphatic rings. The molecule has 3 heterocycles. The van der Waals surface area contributed by atoms with Crippen molar-refractivity contribution >= 4 is 34.7 Å². The zero-order valence-electron chi connectivity index (χ0n) is 22.3. The largest absolute Gasteiger partial charge is 0.355 e. The number of nitrogens with one attached hydrogen (secondary N) is 1. The highest BCUT2D eigenvalue weighted by Crippen LogP contribution is 2.32. The van der Waals surface area contributed by atoms with E-state index in [4.69, 9.17) is 0 Å². The SMILES string of the molecule is Cc1cccc(CC(=O)Nc2ccc(N3CCC(c4nnc(CC(=O)Cc5ccccc5C)s4)CC3)nn2)c1. The number of rotatable bonds is 9. The third-order valence-electron chi connectivity index (χ3n) is 7.01. The molecule has 0 saturated carbocycles. The van der Waals surface area contributed by atoms with Crippen molar-refractivity contribution in [2.45, 2.75) is 51.9 Å². The molecule has 1 aliphatic heterocycles. The van der Waals surface area contributed by atoms with Crippen molar-refractivity contribution in [1.29, 1.82) is 0 Å². The summed E-state index contributed by atoms with van der Waals surface area (Å²) in [5, 5.41) is 21.9. The van der Waals surface area contributed by atoms with E-state index in [1.54, 1.807) is 17.4 Å². The van der Waals surface area contributed by atoms with E-state index in [9.17, 15) is 9.59 Å². The normalized spacial score (nSPS) is 13.8. The molecule has 39 heavy (non-hydrogen) atoms. The Balaban J connectivity index is 1.09. The maximum atomic E-state index is 12.6. The van der Waals surface area contributed by atoms with Crippen LogP contribution in [0.5, 0.6) is 0 Å². The van der Waals surface area contributed by atoms with Crippen molar-refractivity contribution in [3.63, 3.8) is 0 Å². The van der Waals surface area contributed by atoms with E-state index >= 15 is 0 Å². The number of hydrogen-bond acceptors (Lipinski definition) is 8. The molecule has 9 heteroatoms. The quantitative estimate of drug-likeness (QED) is 0.323. The minimum atomic E-state index is -0.114. The summed E-state index contributed by atoms with van der Waals surface area (Å²) in [6.45, 7) is 5.71. The summed E-state index contributed by atoms with van der Waals surface area (Å²) < 4.78 is 0. The summed E-state index contributed by atoms with van der Waals surface area (Å²) >= 11 is 1.56. The average Bonchev–Trinajstić information content (AvgIpc) is 3.39. The fourth-order valence-corrected chi connectivity index (χ4v) is 5.91. The van der Waals surface area contributed by atoms with Crippen LogP contribution in [0.15, 0.2) is 60.7 Å². The van der Waals surface area contributed by atoms with Crippen LogP contribution >= 0.6 is 11.3 Å². The molecule has 200 valence electrons. The number of hydrogen-bond donors (Lipinski definition) is 1. The third-order valence-corrected chi connectivity index (χ3v) is 8.10. The van der Waals surface area contributed by atoms with Gasteiger partial charge in [0.15, 0.2) is 11.6 Å². The number of Topliss-reactive ketones (excluding diaryl/α,β-unsaturated/α-hetero) is 1. The van der Waals surface area contributed by atoms with Crippen molar-refractivity contribution in [3.05, 3.63) is 92.9 Å². The predicted octanol–water partition coefficient (Wildman–Crippen LogP) is 4.86. The van der Waals surface area contributed by atoms with Crippen molar-refractivity contribution < 1.29 is 9.59 Å². The standard InChI is InChI=1S/C30H32N6O2S/c1-20-6-5-8-22(16-20)17-28(38)31-26-10-11-27(33-32-26)36-14-12-23(13-15-36)30-35-34-29(39-30)19-25(37)18-24-9-4-3-7-21(24)2/h3-11,16,23H,12-15,17-19H2,1-2H3,(H,31,32,38). The van der Waals surface area contributed by atoms with Gasteiger partial charge < -0.3 is 10.2 Å². The van der Waals surface area contributed by atoms with Crippen molar-refractivity contribution in [2.24, 2.45) is 0 Å². The lowest BCUT2D eigenvalue weighted by Crippen LogP contribution is -2.33. The first-order valence-corrected chi connectivity index (χ1v) is 14.1. The number of carbonyl (C=O) groups is 2. The Labute approximate surface area is 232 Å².